The molecule has 2 aromatic rings. The van der Waals surface area contributed by atoms with E-state index < -0.39 is 6.04 Å². The highest BCUT2D eigenvalue weighted by molar-refractivity contribution is 9.10. The molecule has 0 aliphatic carbocycles. The molecule has 0 spiro atoms. The first-order chi connectivity index (χ1) is 11.9. The second-order valence-corrected chi connectivity index (χ2v) is 6.90. The number of nitrogens with zero attached hydrogens (tertiary/aromatic N) is 4. The fourth-order valence-corrected chi connectivity index (χ4v) is 3.04. The van der Waals surface area contributed by atoms with Gasteiger partial charge < -0.3 is 16.0 Å². The zero-order valence-electron chi connectivity index (χ0n) is 13.9. The minimum atomic E-state index is -0.574. The molecular weight excluding hydrogens is 416 g/mol. The summed E-state index contributed by atoms with van der Waals surface area (Å²) in [6, 6.07) is 8.82. The second kappa shape index (κ2) is 9.40. The molecule has 9 heteroatoms. The molecule has 0 aliphatic rings. The summed E-state index contributed by atoms with van der Waals surface area (Å²) in [5, 5.41) is 12.8. The molecule has 1 aromatic heterocycles. The molecule has 0 radical (unpaired) electrons. The largest absolute Gasteiger partial charge is 0.368 e. The van der Waals surface area contributed by atoms with E-state index >= 15 is 0 Å². The predicted molar refractivity (Wildman–Crippen MR) is 110 cm³/mol. The SMILES string of the molecule is C.CSc1nc(N)nc(N(C)[C@@H](C)C(=O)Nc2cccc(Br)c2)c1C#N. The van der Waals surface area contributed by atoms with Crippen molar-refractivity contribution in [2.24, 2.45) is 0 Å². The van der Waals surface area contributed by atoms with Crippen LogP contribution < -0.4 is 16.0 Å². The Kier molecular flexibility index (Phi) is 7.86. The molecule has 0 fully saturated rings. The molecule has 0 bridgehead atoms. The summed E-state index contributed by atoms with van der Waals surface area (Å²) in [5.41, 5.74) is 6.71. The predicted octanol–water partition coefficient (Wildman–Crippen LogP) is 3.51. The fourth-order valence-electron chi connectivity index (χ4n) is 2.12. The van der Waals surface area contributed by atoms with Crippen LogP contribution in [0.15, 0.2) is 33.8 Å². The van der Waals surface area contributed by atoms with Gasteiger partial charge in [-0.2, -0.15) is 10.2 Å². The quantitative estimate of drug-likeness (QED) is 0.544. The lowest BCUT2D eigenvalue weighted by atomic mass is 10.2. The number of amides is 1. The Morgan fingerprint density at radius 1 is 1.46 bits per heavy atom. The number of nitrogens with two attached hydrogens (primary N) is 1. The molecule has 0 saturated heterocycles. The average molecular weight is 437 g/mol. The molecule has 1 aromatic carbocycles. The molecule has 2 rings (SSSR count). The number of nitrogen functional groups attached to an aromatic ring is 1. The van der Waals surface area contributed by atoms with Crippen LogP contribution in [0.3, 0.4) is 0 Å². The topological polar surface area (TPSA) is 108 Å². The zero-order valence-corrected chi connectivity index (χ0v) is 16.3. The average Bonchev–Trinajstić information content (AvgIpc) is 2.59. The van der Waals surface area contributed by atoms with Crippen molar-refractivity contribution in [2.45, 2.75) is 25.4 Å². The van der Waals surface area contributed by atoms with Gasteiger partial charge in [0.05, 0.1) is 0 Å². The van der Waals surface area contributed by atoms with Gasteiger partial charge in [-0.1, -0.05) is 29.4 Å². The van der Waals surface area contributed by atoms with E-state index in [4.69, 9.17) is 5.73 Å². The van der Waals surface area contributed by atoms with Crippen LogP contribution in [0.5, 0.6) is 0 Å². The normalized spacial score (nSPS) is 11.0. The van der Waals surface area contributed by atoms with Crippen molar-refractivity contribution in [1.82, 2.24) is 9.97 Å². The number of carbonyl (C=O) groups is 1. The van der Waals surface area contributed by atoms with Crippen molar-refractivity contribution < 1.29 is 4.79 Å². The molecule has 0 saturated carbocycles. The number of nitrogens with one attached hydrogen (secondary N) is 1. The Hall–Kier alpha value is -2.31. The van der Waals surface area contributed by atoms with E-state index in [0.717, 1.165) is 4.47 Å². The monoisotopic (exact) mass is 436 g/mol. The van der Waals surface area contributed by atoms with Crippen LogP contribution in [0.25, 0.3) is 0 Å². The summed E-state index contributed by atoms with van der Waals surface area (Å²) in [6.07, 6.45) is 1.80. The Labute approximate surface area is 166 Å². The number of halogens is 1. The first-order valence-corrected chi connectivity index (χ1v) is 9.30. The third-order valence-corrected chi connectivity index (χ3v) is 4.74. The highest BCUT2D eigenvalue weighted by Gasteiger charge is 2.24. The molecule has 1 atom stereocenters. The lowest BCUT2D eigenvalue weighted by molar-refractivity contribution is -0.117. The third kappa shape index (κ3) is 4.86. The second-order valence-electron chi connectivity index (χ2n) is 5.19. The van der Waals surface area contributed by atoms with Crippen LogP contribution in [-0.4, -0.2) is 35.2 Å². The van der Waals surface area contributed by atoms with Crippen molar-refractivity contribution in [1.29, 1.82) is 5.26 Å². The summed E-state index contributed by atoms with van der Waals surface area (Å²) < 4.78 is 0.867. The minimum absolute atomic E-state index is 0. The molecule has 1 amide bonds. The Balaban J connectivity index is 0.00000338. The lowest BCUT2D eigenvalue weighted by Gasteiger charge is -2.26. The van der Waals surface area contributed by atoms with Gasteiger partial charge in [0.25, 0.3) is 0 Å². The summed E-state index contributed by atoms with van der Waals surface area (Å²) in [5.74, 6) is 0.161. The third-order valence-electron chi connectivity index (χ3n) is 3.57. The number of thioether (sulfide) groups is 1. The molecule has 138 valence electrons. The Morgan fingerprint density at radius 3 is 2.73 bits per heavy atom. The lowest BCUT2D eigenvalue weighted by Crippen LogP contribution is -2.40. The maximum Gasteiger partial charge on any atom is 0.246 e. The molecule has 26 heavy (non-hydrogen) atoms. The minimum Gasteiger partial charge on any atom is -0.368 e. The van der Waals surface area contributed by atoms with Crippen LogP contribution in [0, 0.1) is 11.3 Å². The van der Waals surface area contributed by atoms with E-state index in [2.05, 4.69) is 37.3 Å². The maximum atomic E-state index is 12.5. The molecule has 0 aliphatic heterocycles. The molecule has 7 nitrogen and oxygen atoms in total. The summed E-state index contributed by atoms with van der Waals surface area (Å²) >= 11 is 4.67. The number of aromatic nitrogens is 2. The number of hydrogen-bond acceptors (Lipinski definition) is 7. The Morgan fingerprint density at radius 2 is 2.15 bits per heavy atom. The van der Waals surface area contributed by atoms with Crippen molar-refractivity contribution >= 4 is 51.1 Å². The number of benzene rings is 1. The van der Waals surface area contributed by atoms with Gasteiger partial charge in [-0.3, -0.25) is 4.79 Å². The van der Waals surface area contributed by atoms with Crippen LogP contribution in [-0.2, 0) is 4.79 Å². The van der Waals surface area contributed by atoms with Crippen LogP contribution in [0.4, 0.5) is 17.5 Å². The highest BCUT2D eigenvalue weighted by atomic mass is 79.9. The maximum absolute atomic E-state index is 12.5. The molecule has 0 unspecified atom stereocenters. The van der Waals surface area contributed by atoms with Gasteiger partial charge in [-0.25, -0.2) is 4.98 Å². The van der Waals surface area contributed by atoms with Gasteiger partial charge >= 0.3 is 0 Å². The van der Waals surface area contributed by atoms with Crippen molar-refractivity contribution in [3.8, 4) is 6.07 Å². The summed E-state index contributed by atoms with van der Waals surface area (Å²) in [6.45, 7) is 1.73. The number of carbonyl (C=O) groups excluding carboxylic acids is 1. The first-order valence-electron chi connectivity index (χ1n) is 7.28. The van der Waals surface area contributed by atoms with Gasteiger partial charge in [0.15, 0.2) is 5.82 Å². The first kappa shape index (κ1) is 21.7. The van der Waals surface area contributed by atoms with E-state index in [1.807, 2.05) is 12.1 Å². The van der Waals surface area contributed by atoms with E-state index in [9.17, 15) is 10.1 Å². The van der Waals surface area contributed by atoms with Crippen LogP contribution in [0.1, 0.15) is 19.9 Å². The molecule has 1 heterocycles. The van der Waals surface area contributed by atoms with Crippen molar-refractivity contribution in [2.75, 3.05) is 29.3 Å². The number of likely N-dealkylation sites (N-methyl/N-ethyl adjacent to an activating group) is 1. The molecular formula is C17H21BrN6OS. The van der Waals surface area contributed by atoms with Gasteiger partial charge in [-0.15, -0.1) is 11.8 Å². The summed E-state index contributed by atoms with van der Waals surface area (Å²) in [4.78, 5) is 22.4. The standard InChI is InChI=1S/C16H17BrN6OS.CH4/c1-9(14(24)20-11-6-4-5-10(17)7-11)23(2)13-12(8-18)15(25-3)22-16(19)21-13;/h4-7,9H,1-3H3,(H,20,24)(H2,19,21,22);1H4/t9-;/m0./s1. The fraction of sp³-hybridized carbons (Fsp3) is 0.294. The number of rotatable bonds is 5. The van der Waals surface area contributed by atoms with E-state index in [1.165, 1.54) is 11.8 Å². The van der Waals surface area contributed by atoms with Gasteiger partial charge in [0.1, 0.15) is 22.7 Å². The van der Waals surface area contributed by atoms with Crippen molar-refractivity contribution in [3.63, 3.8) is 0 Å². The van der Waals surface area contributed by atoms with Crippen LogP contribution >= 0.6 is 27.7 Å². The highest BCUT2D eigenvalue weighted by Crippen LogP contribution is 2.27. The molecule has 3 N–H and O–H groups in total. The van der Waals surface area contributed by atoms with Gasteiger partial charge in [0.2, 0.25) is 11.9 Å². The number of hydrogen-bond donors (Lipinski definition) is 2. The van der Waals surface area contributed by atoms with E-state index in [0.29, 0.717) is 22.1 Å². The number of anilines is 3. The van der Waals surface area contributed by atoms with Crippen molar-refractivity contribution in [3.05, 3.63) is 34.3 Å². The summed E-state index contributed by atoms with van der Waals surface area (Å²) in [7, 11) is 1.69. The zero-order chi connectivity index (χ0) is 18.6. The van der Waals surface area contributed by atoms with E-state index in [1.54, 1.807) is 37.3 Å². The smallest absolute Gasteiger partial charge is 0.246 e. The van der Waals surface area contributed by atoms with Gasteiger partial charge in [-0.05, 0) is 31.4 Å². The number of nitriles is 1. The van der Waals surface area contributed by atoms with Gasteiger partial charge in [0, 0.05) is 17.2 Å². The van der Waals surface area contributed by atoms with E-state index in [-0.39, 0.29) is 19.3 Å². The van der Waals surface area contributed by atoms with Crippen LogP contribution in [0.2, 0.25) is 0 Å². The Bertz CT molecular complexity index is 838.